The largest absolute Gasteiger partial charge is 0.384 e. The van der Waals surface area contributed by atoms with E-state index in [1.54, 1.807) is 23.3 Å². The van der Waals surface area contributed by atoms with Crippen molar-refractivity contribution < 1.29 is 18.6 Å². The van der Waals surface area contributed by atoms with Gasteiger partial charge in [-0.25, -0.2) is 4.79 Å². The zero-order valence-corrected chi connectivity index (χ0v) is 21.2. The summed E-state index contributed by atoms with van der Waals surface area (Å²) < 4.78 is 9.70. The van der Waals surface area contributed by atoms with Crippen molar-refractivity contribution in [1.29, 1.82) is 0 Å². The third kappa shape index (κ3) is 5.86. The summed E-state index contributed by atoms with van der Waals surface area (Å²) in [5.41, 5.74) is 5.06. The number of aryl methyl sites for hydroxylation is 2. The number of thioether (sulfide) groups is 2. The first kappa shape index (κ1) is 22.8. The van der Waals surface area contributed by atoms with E-state index in [1.807, 2.05) is 34.8 Å². The molecule has 4 nitrogen and oxygen atoms in total. The fraction of sp³-hybridized carbons (Fsp3) is 0.348. The van der Waals surface area contributed by atoms with Crippen LogP contribution in [0, 0.1) is 13.8 Å². The molecule has 0 radical (unpaired) electrons. The van der Waals surface area contributed by atoms with Crippen LogP contribution in [-0.2, 0) is 9.32 Å². The van der Waals surface area contributed by atoms with Crippen molar-refractivity contribution in [3.05, 3.63) is 58.7 Å². The lowest BCUT2D eigenvalue weighted by Gasteiger charge is -2.18. The second-order valence-electron chi connectivity index (χ2n) is 8.40. The Morgan fingerprint density at radius 3 is 1.97 bits per heavy atom. The van der Waals surface area contributed by atoms with Gasteiger partial charge in [0, 0.05) is 9.79 Å². The van der Waals surface area contributed by atoms with Crippen molar-refractivity contribution in [3.63, 3.8) is 0 Å². The molecule has 0 saturated heterocycles. The standard InChI is InChI=1S/C12H18NOSSi.C11H12NOS/c1-10-6-5-7-11-8-13(9-15-12(10)11)14-16(2,3)4;1-8-4-3-5-10-6-12(9(2)13)7-14-11(8)10/h5-8H,9H2,1-4H3;3-6H,7H2,1-2H3/q2*+1. The first-order chi connectivity index (χ1) is 14.1. The Balaban J connectivity index is 0.000000172. The number of hydrogen-bond donors (Lipinski definition) is 0. The maximum Gasteiger partial charge on any atom is 0.384 e. The van der Waals surface area contributed by atoms with Crippen molar-refractivity contribution in [3.8, 4) is 0 Å². The summed E-state index contributed by atoms with van der Waals surface area (Å²) in [6.07, 6.45) is 4.05. The normalized spacial score (nSPS) is 15.0. The van der Waals surface area contributed by atoms with E-state index in [0.717, 1.165) is 17.3 Å². The molecular weight excluding hydrogens is 428 g/mol. The Labute approximate surface area is 189 Å². The molecule has 158 valence electrons. The smallest absolute Gasteiger partial charge is 0.346 e. The molecule has 2 aliphatic heterocycles. The van der Waals surface area contributed by atoms with Gasteiger partial charge in [0.05, 0.1) is 18.1 Å². The molecule has 2 aliphatic rings. The van der Waals surface area contributed by atoms with E-state index in [1.165, 1.54) is 26.5 Å². The molecule has 0 aliphatic carbocycles. The van der Waals surface area contributed by atoms with Crippen LogP contribution in [0.1, 0.15) is 29.2 Å². The minimum absolute atomic E-state index is 0.102. The minimum Gasteiger partial charge on any atom is -0.346 e. The highest BCUT2D eigenvalue weighted by atomic mass is 32.2. The van der Waals surface area contributed by atoms with Crippen LogP contribution >= 0.6 is 23.5 Å². The minimum atomic E-state index is -1.50. The molecule has 30 heavy (non-hydrogen) atoms. The van der Waals surface area contributed by atoms with Gasteiger partial charge in [0.15, 0.2) is 6.21 Å². The maximum absolute atomic E-state index is 11.2. The van der Waals surface area contributed by atoms with Gasteiger partial charge in [-0.1, -0.05) is 47.8 Å². The van der Waals surface area contributed by atoms with Gasteiger partial charge < -0.3 is 4.53 Å². The molecule has 4 rings (SSSR count). The van der Waals surface area contributed by atoms with Crippen LogP contribution in [0.4, 0.5) is 0 Å². The molecule has 0 unspecified atom stereocenters. The van der Waals surface area contributed by atoms with E-state index < -0.39 is 8.32 Å². The topological polar surface area (TPSA) is 32.3 Å². The quantitative estimate of drug-likeness (QED) is 0.452. The number of amides is 1. The van der Waals surface area contributed by atoms with Crippen LogP contribution < -0.4 is 0 Å². The number of nitrogens with zero attached hydrogens (tertiary/aromatic N) is 2. The van der Waals surface area contributed by atoms with Crippen LogP contribution in [0.25, 0.3) is 0 Å². The molecule has 0 spiro atoms. The van der Waals surface area contributed by atoms with Crippen molar-refractivity contribution in [2.75, 3.05) is 11.8 Å². The second kappa shape index (κ2) is 9.54. The van der Waals surface area contributed by atoms with E-state index in [4.69, 9.17) is 4.53 Å². The fourth-order valence-electron chi connectivity index (χ4n) is 3.19. The van der Waals surface area contributed by atoms with Gasteiger partial charge in [-0.2, -0.15) is 4.58 Å². The molecule has 0 N–H and O–H groups in total. The lowest BCUT2D eigenvalue weighted by Crippen LogP contribution is -2.33. The van der Waals surface area contributed by atoms with E-state index in [9.17, 15) is 4.79 Å². The molecular formula is C23H30N2O2S2Si+2. The Bertz CT molecular complexity index is 1030. The highest BCUT2D eigenvalue weighted by molar-refractivity contribution is 7.99. The predicted octanol–water partition coefficient (Wildman–Crippen LogP) is 5.29. The number of carbonyl (C=O) groups excluding carboxylic acids is 1. The molecule has 0 aromatic heterocycles. The molecule has 1 amide bonds. The van der Waals surface area contributed by atoms with Gasteiger partial charge in [-0.3, -0.25) is 0 Å². The first-order valence-electron chi connectivity index (χ1n) is 10.0. The Hall–Kier alpha value is -1.83. The molecule has 2 aromatic carbocycles. The van der Waals surface area contributed by atoms with E-state index in [2.05, 4.69) is 64.0 Å². The molecule has 0 bridgehead atoms. The summed E-state index contributed by atoms with van der Waals surface area (Å²) in [5.74, 6) is 1.72. The third-order valence-corrected chi connectivity index (χ3v) is 7.81. The molecule has 7 heteroatoms. The summed E-state index contributed by atoms with van der Waals surface area (Å²) in [6.45, 7) is 12.5. The second-order valence-corrected chi connectivity index (χ2v) is 14.7. The monoisotopic (exact) mass is 458 g/mol. The zero-order chi connectivity index (χ0) is 21.9. The van der Waals surface area contributed by atoms with Crippen molar-refractivity contribution in [2.45, 2.75) is 50.2 Å². The fourth-order valence-corrected chi connectivity index (χ4v) is 6.18. The van der Waals surface area contributed by atoms with Gasteiger partial charge in [0.2, 0.25) is 18.0 Å². The number of fused-ring (bicyclic) bond motifs is 2. The molecule has 2 heterocycles. The summed E-state index contributed by atoms with van der Waals surface area (Å²) in [6, 6.07) is 12.6. The van der Waals surface area contributed by atoms with Gasteiger partial charge in [-0.15, -0.1) is 0 Å². The molecule has 0 saturated carbocycles. The van der Waals surface area contributed by atoms with Crippen LogP contribution in [0.2, 0.25) is 19.6 Å². The van der Waals surface area contributed by atoms with Crippen molar-refractivity contribution in [1.82, 2.24) is 0 Å². The summed E-state index contributed by atoms with van der Waals surface area (Å²) in [4.78, 5) is 13.9. The summed E-state index contributed by atoms with van der Waals surface area (Å²) >= 11 is 3.58. The van der Waals surface area contributed by atoms with E-state index in [0.29, 0.717) is 0 Å². The molecule has 0 atom stereocenters. The van der Waals surface area contributed by atoms with Crippen LogP contribution in [0.3, 0.4) is 0 Å². The maximum atomic E-state index is 11.2. The average molecular weight is 459 g/mol. The zero-order valence-electron chi connectivity index (χ0n) is 18.6. The summed E-state index contributed by atoms with van der Waals surface area (Å²) in [5, 5.41) is 0. The average Bonchev–Trinajstić information content (AvgIpc) is 2.67. The van der Waals surface area contributed by atoms with E-state index in [-0.39, 0.29) is 5.91 Å². The van der Waals surface area contributed by atoms with Crippen LogP contribution in [0.15, 0.2) is 46.2 Å². The third-order valence-electron chi connectivity index (χ3n) is 4.54. The first-order valence-corrected chi connectivity index (χ1v) is 15.4. The Morgan fingerprint density at radius 1 is 0.900 bits per heavy atom. The number of benzene rings is 2. The molecule has 0 fully saturated rings. The lowest BCUT2D eigenvalue weighted by molar-refractivity contribution is -0.736. The van der Waals surface area contributed by atoms with Crippen LogP contribution in [-0.4, -0.2) is 47.7 Å². The predicted molar refractivity (Wildman–Crippen MR) is 130 cm³/mol. The number of hydroxylamine groups is 1. The van der Waals surface area contributed by atoms with Gasteiger partial charge in [0.1, 0.15) is 0 Å². The van der Waals surface area contributed by atoms with Gasteiger partial charge in [-0.05, 0) is 61.5 Å². The summed E-state index contributed by atoms with van der Waals surface area (Å²) in [7, 11) is -1.50. The van der Waals surface area contributed by atoms with Crippen molar-refractivity contribution >= 4 is 50.2 Å². The van der Waals surface area contributed by atoms with E-state index >= 15 is 0 Å². The highest BCUT2D eigenvalue weighted by Gasteiger charge is 2.27. The van der Waals surface area contributed by atoms with Crippen LogP contribution in [0.5, 0.6) is 0 Å². The number of carbonyl (C=O) groups is 1. The lowest BCUT2D eigenvalue weighted by atomic mass is 10.1. The van der Waals surface area contributed by atoms with Gasteiger partial charge >= 0.3 is 14.2 Å². The molecule has 2 aromatic rings. The highest BCUT2D eigenvalue weighted by Crippen LogP contribution is 2.29. The van der Waals surface area contributed by atoms with Crippen molar-refractivity contribution in [2.24, 2.45) is 0 Å². The SMILES string of the molecule is CC(=O)[N+]1=Cc2cccc(C)c2SC1.Cc1cccc2c1SC[N+](O[Si](C)(C)C)=C2. The van der Waals surface area contributed by atoms with Gasteiger partial charge in [0.25, 0.3) is 0 Å². The Kier molecular flexibility index (Phi) is 7.26. The number of hydrogen-bond acceptors (Lipinski definition) is 4. The Morgan fingerprint density at radius 2 is 1.43 bits per heavy atom. The number of rotatable bonds is 2.